The second-order valence-electron chi connectivity index (χ2n) is 3.94. The molecule has 3 nitrogen and oxygen atoms in total. The van der Waals surface area contributed by atoms with Gasteiger partial charge >= 0.3 is 0 Å². The monoisotopic (exact) mass is 207 g/mol. The quantitative estimate of drug-likeness (QED) is 0.817. The van der Waals surface area contributed by atoms with Gasteiger partial charge in [0, 0.05) is 12.0 Å². The summed E-state index contributed by atoms with van der Waals surface area (Å²) in [6.45, 7) is 2.71. The van der Waals surface area contributed by atoms with E-state index < -0.39 is 0 Å². The molecule has 0 saturated heterocycles. The minimum absolute atomic E-state index is 0.276. The summed E-state index contributed by atoms with van der Waals surface area (Å²) in [5.41, 5.74) is 7.93. The van der Waals surface area contributed by atoms with Crippen molar-refractivity contribution in [3.8, 4) is 11.5 Å². The topological polar surface area (TPSA) is 44.5 Å². The van der Waals surface area contributed by atoms with Gasteiger partial charge in [-0.2, -0.15) is 0 Å². The van der Waals surface area contributed by atoms with E-state index in [9.17, 15) is 0 Å². The average Bonchev–Trinajstić information content (AvgIpc) is 2.56. The van der Waals surface area contributed by atoms with Crippen LogP contribution in [0.2, 0.25) is 0 Å². The highest BCUT2D eigenvalue weighted by molar-refractivity contribution is 5.48. The van der Waals surface area contributed by atoms with Crippen molar-refractivity contribution >= 4 is 0 Å². The minimum Gasteiger partial charge on any atom is -0.496 e. The van der Waals surface area contributed by atoms with Crippen molar-refractivity contribution in [2.75, 3.05) is 13.7 Å². The van der Waals surface area contributed by atoms with Crippen LogP contribution in [-0.2, 0) is 12.8 Å². The Hall–Kier alpha value is -1.22. The maximum absolute atomic E-state index is 5.70. The summed E-state index contributed by atoms with van der Waals surface area (Å²) >= 11 is 0. The third-order valence-electron chi connectivity index (χ3n) is 2.71. The van der Waals surface area contributed by atoms with Gasteiger partial charge in [0.05, 0.1) is 7.11 Å². The molecule has 1 atom stereocenters. The number of hydrogen-bond acceptors (Lipinski definition) is 3. The fourth-order valence-corrected chi connectivity index (χ4v) is 2.02. The Kier molecular flexibility index (Phi) is 2.82. The molecule has 1 aliphatic heterocycles. The summed E-state index contributed by atoms with van der Waals surface area (Å²) in [5.74, 6) is 1.92. The highest BCUT2D eigenvalue weighted by Gasteiger charge is 2.21. The van der Waals surface area contributed by atoms with Gasteiger partial charge in [-0.1, -0.05) is 0 Å². The molecule has 15 heavy (non-hydrogen) atoms. The Morgan fingerprint density at radius 3 is 3.00 bits per heavy atom. The van der Waals surface area contributed by atoms with Crippen LogP contribution in [-0.4, -0.2) is 19.8 Å². The smallest absolute Gasteiger partial charge is 0.123 e. The predicted molar refractivity (Wildman–Crippen MR) is 59.5 cm³/mol. The SMILES string of the molecule is COc1cc2c(cc1CCN)O[C@@H](C)C2. The molecule has 0 spiro atoms. The predicted octanol–water partition coefficient (Wildman–Crippen LogP) is 1.52. The Morgan fingerprint density at radius 2 is 2.33 bits per heavy atom. The first kappa shape index (κ1) is 10.3. The maximum Gasteiger partial charge on any atom is 0.123 e. The first-order chi connectivity index (χ1) is 7.24. The first-order valence-electron chi connectivity index (χ1n) is 5.31. The molecule has 1 heterocycles. The third kappa shape index (κ3) is 1.92. The van der Waals surface area contributed by atoms with Gasteiger partial charge in [0.1, 0.15) is 17.6 Å². The van der Waals surface area contributed by atoms with Crippen LogP contribution in [0.4, 0.5) is 0 Å². The number of ether oxygens (including phenoxy) is 2. The number of fused-ring (bicyclic) bond motifs is 1. The molecule has 3 heteroatoms. The molecule has 0 saturated carbocycles. The highest BCUT2D eigenvalue weighted by Crippen LogP contribution is 2.34. The van der Waals surface area contributed by atoms with Crippen molar-refractivity contribution in [2.45, 2.75) is 25.9 Å². The Balaban J connectivity index is 2.36. The van der Waals surface area contributed by atoms with E-state index in [-0.39, 0.29) is 6.10 Å². The summed E-state index contributed by atoms with van der Waals surface area (Å²) in [6, 6.07) is 4.13. The van der Waals surface area contributed by atoms with Gasteiger partial charge in [-0.15, -0.1) is 0 Å². The van der Waals surface area contributed by atoms with Crippen LogP contribution in [0.5, 0.6) is 11.5 Å². The Labute approximate surface area is 90.2 Å². The van der Waals surface area contributed by atoms with Gasteiger partial charge in [-0.25, -0.2) is 0 Å². The normalized spacial score (nSPS) is 18.5. The van der Waals surface area contributed by atoms with E-state index in [2.05, 4.69) is 19.1 Å². The zero-order valence-corrected chi connectivity index (χ0v) is 9.25. The molecule has 2 rings (SSSR count). The van der Waals surface area contributed by atoms with Gasteiger partial charge in [0.25, 0.3) is 0 Å². The van der Waals surface area contributed by atoms with Crippen molar-refractivity contribution in [1.29, 1.82) is 0 Å². The van der Waals surface area contributed by atoms with E-state index in [0.29, 0.717) is 6.54 Å². The molecule has 0 amide bonds. The largest absolute Gasteiger partial charge is 0.496 e. The van der Waals surface area contributed by atoms with Gasteiger partial charge in [-0.05, 0) is 37.6 Å². The number of nitrogens with two attached hydrogens (primary N) is 1. The van der Waals surface area contributed by atoms with Crippen LogP contribution < -0.4 is 15.2 Å². The van der Waals surface area contributed by atoms with Crippen LogP contribution >= 0.6 is 0 Å². The van der Waals surface area contributed by atoms with Crippen LogP contribution in [0.1, 0.15) is 18.1 Å². The summed E-state index contributed by atoms with van der Waals surface area (Å²) in [7, 11) is 1.70. The summed E-state index contributed by atoms with van der Waals surface area (Å²) in [6.07, 6.45) is 2.07. The minimum atomic E-state index is 0.276. The van der Waals surface area contributed by atoms with E-state index in [1.54, 1.807) is 7.11 Å². The molecule has 82 valence electrons. The van der Waals surface area contributed by atoms with Gasteiger partial charge < -0.3 is 15.2 Å². The zero-order chi connectivity index (χ0) is 10.8. The second kappa shape index (κ2) is 4.11. The molecule has 2 N–H and O–H groups in total. The maximum atomic E-state index is 5.70. The highest BCUT2D eigenvalue weighted by atomic mass is 16.5. The van der Waals surface area contributed by atoms with E-state index in [1.807, 2.05) is 0 Å². The van der Waals surface area contributed by atoms with Crippen LogP contribution in [0.3, 0.4) is 0 Å². The lowest BCUT2D eigenvalue weighted by atomic mass is 10.0. The van der Waals surface area contributed by atoms with E-state index in [0.717, 1.165) is 29.9 Å². The molecule has 1 aromatic carbocycles. The van der Waals surface area contributed by atoms with E-state index >= 15 is 0 Å². The second-order valence-corrected chi connectivity index (χ2v) is 3.94. The standard InChI is InChI=1S/C12H17NO2/c1-8-5-10-7-11(14-2)9(3-4-13)6-12(10)15-8/h6-8H,3-5,13H2,1-2H3/t8-/m0/s1. The zero-order valence-electron chi connectivity index (χ0n) is 9.25. The number of rotatable bonds is 3. The third-order valence-corrected chi connectivity index (χ3v) is 2.71. The number of methoxy groups -OCH3 is 1. The molecular formula is C12H17NO2. The number of hydrogen-bond donors (Lipinski definition) is 1. The van der Waals surface area contributed by atoms with Crippen molar-refractivity contribution in [3.63, 3.8) is 0 Å². The van der Waals surface area contributed by atoms with Crippen LogP contribution in [0.25, 0.3) is 0 Å². The van der Waals surface area contributed by atoms with Crippen molar-refractivity contribution in [3.05, 3.63) is 23.3 Å². The van der Waals surface area contributed by atoms with Gasteiger partial charge in [0.15, 0.2) is 0 Å². The number of benzene rings is 1. The fourth-order valence-electron chi connectivity index (χ4n) is 2.02. The summed E-state index contributed by atoms with van der Waals surface area (Å²) < 4.78 is 11.0. The average molecular weight is 207 g/mol. The molecule has 0 aromatic heterocycles. The lowest BCUT2D eigenvalue weighted by Crippen LogP contribution is -2.05. The lowest BCUT2D eigenvalue weighted by molar-refractivity contribution is 0.254. The first-order valence-corrected chi connectivity index (χ1v) is 5.31. The van der Waals surface area contributed by atoms with Crippen LogP contribution in [0, 0.1) is 0 Å². The van der Waals surface area contributed by atoms with E-state index in [4.69, 9.17) is 15.2 Å². The molecule has 0 unspecified atom stereocenters. The molecule has 0 aliphatic carbocycles. The molecule has 1 aromatic rings. The molecular weight excluding hydrogens is 190 g/mol. The van der Waals surface area contributed by atoms with Crippen molar-refractivity contribution in [1.82, 2.24) is 0 Å². The van der Waals surface area contributed by atoms with Crippen molar-refractivity contribution < 1.29 is 9.47 Å². The van der Waals surface area contributed by atoms with Gasteiger partial charge in [0.2, 0.25) is 0 Å². The summed E-state index contributed by atoms with van der Waals surface area (Å²) in [4.78, 5) is 0. The fraction of sp³-hybridized carbons (Fsp3) is 0.500. The molecule has 0 fully saturated rings. The van der Waals surface area contributed by atoms with Crippen molar-refractivity contribution in [2.24, 2.45) is 5.73 Å². The van der Waals surface area contributed by atoms with E-state index in [1.165, 1.54) is 5.56 Å². The molecule has 0 bridgehead atoms. The molecule has 1 aliphatic rings. The Morgan fingerprint density at radius 1 is 1.53 bits per heavy atom. The Bertz CT molecular complexity index is 363. The van der Waals surface area contributed by atoms with Gasteiger partial charge in [-0.3, -0.25) is 0 Å². The lowest BCUT2D eigenvalue weighted by Gasteiger charge is -2.10. The van der Waals surface area contributed by atoms with Crippen LogP contribution in [0.15, 0.2) is 12.1 Å². The summed E-state index contributed by atoms with van der Waals surface area (Å²) in [5, 5.41) is 0. The molecule has 0 radical (unpaired) electrons.